The first-order chi connectivity index (χ1) is 14.2. The molecule has 1 atom stereocenters. The van der Waals surface area contributed by atoms with Crippen LogP contribution in [0.5, 0.6) is 0 Å². The number of benzene rings is 2. The summed E-state index contributed by atoms with van der Waals surface area (Å²) in [6.45, 7) is 6.05. The molecule has 162 valence electrons. The van der Waals surface area contributed by atoms with E-state index >= 15 is 0 Å². The van der Waals surface area contributed by atoms with Crippen molar-refractivity contribution in [3.05, 3.63) is 48.0 Å². The van der Waals surface area contributed by atoms with Crippen LogP contribution in [-0.4, -0.2) is 51.9 Å². The normalized spacial score (nSPS) is 15.3. The van der Waals surface area contributed by atoms with Crippen molar-refractivity contribution in [3.8, 4) is 0 Å². The molecule has 8 heteroatoms. The number of hydrogen-bond acceptors (Lipinski definition) is 5. The Morgan fingerprint density at radius 2 is 1.77 bits per heavy atom. The highest BCUT2D eigenvalue weighted by Gasteiger charge is 2.19. The summed E-state index contributed by atoms with van der Waals surface area (Å²) in [6.07, 6.45) is 2.46. The minimum atomic E-state index is -3.56. The first-order valence-electron chi connectivity index (χ1n) is 10.1. The molecule has 0 spiro atoms. The summed E-state index contributed by atoms with van der Waals surface area (Å²) >= 11 is 0. The van der Waals surface area contributed by atoms with E-state index in [0.717, 1.165) is 23.1 Å². The summed E-state index contributed by atoms with van der Waals surface area (Å²) in [4.78, 5) is 15.2. The van der Waals surface area contributed by atoms with Gasteiger partial charge in [-0.1, -0.05) is 6.07 Å². The number of nitrogens with zero attached hydrogens (tertiary/aromatic N) is 2. The van der Waals surface area contributed by atoms with Crippen LogP contribution in [0, 0.1) is 6.92 Å². The number of rotatable bonds is 7. The van der Waals surface area contributed by atoms with Gasteiger partial charge >= 0.3 is 0 Å². The largest absolute Gasteiger partial charge is 0.374 e. The molecule has 0 radical (unpaired) electrons. The lowest BCUT2D eigenvalue weighted by molar-refractivity contribution is -0.116. The molecule has 30 heavy (non-hydrogen) atoms. The van der Waals surface area contributed by atoms with Gasteiger partial charge in [-0.2, -0.15) is 0 Å². The van der Waals surface area contributed by atoms with Crippen molar-refractivity contribution in [2.24, 2.45) is 0 Å². The molecular weight excluding hydrogens is 400 g/mol. The second-order valence-electron chi connectivity index (χ2n) is 7.87. The number of nitrogens with one attached hydrogen (secondary N) is 2. The Morgan fingerprint density at radius 1 is 1.07 bits per heavy atom. The number of anilines is 3. The number of carbonyl (C=O) groups is 1. The van der Waals surface area contributed by atoms with Crippen molar-refractivity contribution < 1.29 is 13.2 Å². The van der Waals surface area contributed by atoms with Crippen molar-refractivity contribution in [2.75, 3.05) is 42.7 Å². The average Bonchev–Trinajstić information content (AvgIpc) is 3.22. The molecule has 1 amide bonds. The first-order valence-corrected chi connectivity index (χ1v) is 11.6. The second-order valence-corrected chi connectivity index (χ2v) is 10.0. The van der Waals surface area contributed by atoms with Gasteiger partial charge in [0.2, 0.25) is 15.9 Å². The summed E-state index contributed by atoms with van der Waals surface area (Å²) in [5.74, 6) is -0.240. The Bertz CT molecular complexity index is 1010. The maximum Gasteiger partial charge on any atom is 0.246 e. The Morgan fingerprint density at radius 3 is 2.40 bits per heavy atom. The molecular formula is C22H30N4O3S. The lowest BCUT2D eigenvalue weighted by atomic mass is 10.1. The Kier molecular flexibility index (Phi) is 6.67. The van der Waals surface area contributed by atoms with Crippen LogP contribution in [0.3, 0.4) is 0 Å². The zero-order valence-corrected chi connectivity index (χ0v) is 18.8. The third-order valence-electron chi connectivity index (χ3n) is 5.30. The van der Waals surface area contributed by atoms with E-state index in [0.29, 0.717) is 5.69 Å². The third-order valence-corrected chi connectivity index (χ3v) is 7.11. The molecule has 0 aromatic heterocycles. The molecule has 0 aliphatic carbocycles. The third kappa shape index (κ3) is 4.94. The first kappa shape index (κ1) is 22.1. The molecule has 2 aromatic rings. The van der Waals surface area contributed by atoms with Crippen LogP contribution >= 0.6 is 0 Å². The molecule has 3 rings (SSSR count). The van der Waals surface area contributed by atoms with Gasteiger partial charge in [-0.15, -0.1) is 0 Å². The molecule has 0 saturated carbocycles. The Balaban J connectivity index is 1.66. The zero-order valence-electron chi connectivity index (χ0n) is 18.0. The summed E-state index contributed by atoms with van der Waals surface area (Å²) in [7, 11) is -0.606. The van der Waals surface area contributed by atoms with Crippen molar-refractivity contribution in [1.82, 2.24) is 4.31 Å². The molecule has 1 heterocycles. The van der Waals surface area contributed by atoms with Crippen molar-refractivity contribution in [1.29, 1.82) is 0 Å². The van der Waals surface area contributed by atoms with E-state index in [1.807, 2.05) is 6.07 Å². The predicted molar refractivity (Wildman–Crippen MR) is 122 cm³/mol. The molecule has 0 bridgehead atoms. The molecule has 1 fully saturated rings. The van der Waals surface area contributed by atoms with Crippen molar-refractivity contribution >= 4 is 33.0 Å². The van der Waals surface area contributed by atoms with Crippen LogP contribution < -0.4 is 15.5 Å². The molecule has 2 aromatic carbocycles. The second kappa shape index (κ2) is 9.06. The number of sulfonamides is 1. The minimum Gasteiger partial charge on any atom is -0.374 e. The van der Waals surface area contributed by atoms with Crippen LogP contribution in [0.4, 0.5) is 17.1 Å². The van der Waals surface area contributed by atoms with Gasteiger partial charge in [0.25, 0.3) is 0 Å². The van der Waals surface area contributed by atoms with Crippen LogP contribution in [0.25, 0.3) is 0 Å². The van der Waals surface area contributed by atoms with E-state index in [9.17, 15) is 13.2 Å². The molecule has 7 nitrogen and oxygen atoms in total. The van der Waals surface area contributed by atoms with E-state index < -0.39 is 16.1 Å². The van der Waals surface area contributed by atoms with E-state index in [4.69, 9.17) is 0 Å². The lowest BCUT2D eigenvalue weighted by Gasteiger charge is -2.22. The predicted octanol–water partition coefficient (Wildman–Crippen LogP) is 3.28. The van der Waals surface area contributed by atoms with Gasteiger partial charge in [0.1, 0.15) is 6.04 Å². The summed E-state index contributed by atoms with van der Waals surface area (Å²) in [5.41, 5.74) is 3.74. The lowest BCUT2D eigenvalue weighted by Crippen LogP contribution is -2.32. The number of amides is 1. The maximum absolute atomic E-state index is 12.6. The SMILES string of the molecule is Cc1cc(N[C@@H](C)C(=O)Nc2cccc(S(=O)(=O)N(C)C)c2)ccc1N1CCCC1. The topological polar surface area (TPSA) is 81.8 Å². The van der Waals surface area contributed by atoms with Gasteiger partial charge < -0.3 is 15.5 Å². The van der Waals surface area contributed by atoms with Gasteiger partial charge in [0, 0.05) is 44.2 Å². The highest BCUT2D eigenvalue weighted by Crippen LogP contribution is 2.27. The van der Waals surface area contributed by atoms with Gasteiger partial charge in [0.05, 0.1) is 4.90 Å². The fraction of sp³-hybridized carbons (Fsp3) is 0.409. The molecule has 1 saturated heterocycles. The van der Waals surface area contributed by atoms with Gasteiger partial charge in [-0.25, -0.2) is 12.7 Å². The average molecular weight is 431 g/mol. The minimum absolute atomic E-state index is 0.138. The quantitative estimate of drug-likeness (QED) is 0.705. The van der Waals surface area contributed by atoms with Gasteiger partial charge in [-0.3, -0.25) is 4.79 Å². The van der Waals surface area contributed by atoms with Crippen molar-refractivity contribution in [2.45, 2.75) is 37.6 Å². The maximum atomic E-state index is 12.6. The highest BCUT2D eigenvalue weighted by molar-refractivity contribution is 7.89. The highest BCUT2D eigenvalue weighted by atomic mass is 32.2. The number of aryl methyl sites for hydroxylation is 1. The van der Waals surface area contributed by atoms with Crippen LogP contribution in [0.2, 0.25) is 0 Å². The summed E-state index contributed by atoms with van der Waals surface area (Å²) < 4.78 is 25.7. The zero-order chi connectivity index (χ0) is 21.9. The van der Waals surface area contributed by atoms with Crippen LogP contribution in [-0.2, 0) is 14.8 Å². The van der Waals surface area contributed by atoms with E-state index in [2.05, 4.69) is 34.6 Å². The molecule has 1 aliphatic rings. The summed E-state index contributed by atoms with van der Waals surface area (Å²) in [6, 6.07) is 11.9. The Hall–Kier alpha value is -2.58. The number of hydrogen-bond donors (Lipinski definition) is 2. The van der Waals surface area contributed by atoms with Gasteiger partial charge in [-0.05, 0) is 68.7 Å². The van der Waals surface area contributed by atoms with E-state index in [1.165, 1.54) is 50.3 Å². The summed E-state index contributed by atoms with van der Waals surface area (Å²) in [5, 5.41) is 6.02. The molecule has 1 aliphatic heterocycles. The monoisotopic (exact) mass is 430 g/mol. The van der Waals surface area contributed by atoms with Gasteiger partial charge in [0.15, 0.2) is 0 Å². The van der Waals surface area contributed by atoms with Crippen LogP contribution in [0.15, 0.2) is 47.4 Å². The number of carbonyl (C=O) groups excluding carboxylic acids is 1. The van der Waals surface area contributed by atoms with Crippen LogP contribution in [0.1, 0.15) is 25.3 Å². The Labute approximate surface area is 179 Å². The van der Waals surface area contributed by atoms with E-state index in [-0.39, 0.29) is 10.8 Å². The molecule has 0 unspecified atom stereocenters. The smallest absolute Gasteiger partial charge is 0.246 e. The van der Waals surface area contributed by atoms with Crippen molar-refractivity contribution in [3.63, 3.8) is 0 Å². The van der Waals surface area contributed by atoms with E-state index in [1.54, 1.807) is 19.1 Å². The molecule has 2 N–H and O–H groups in total. The standard InChI is InChI=1S/C22H30N4O3S/c1-16-14-19(10-11-21(16)26-12-5-6-13-26)23-17(2)22(27)24-18-8-7-9-20(15-18)30(28,29)25(3)4/h7-11,14-15,17,23H,5-6,12-13H2,1-4H3,(H,24,27)/t17-/m0/s1. The fourth-order valence-corrected chi connectivity index (χ4v) is 4.52. The fourth-order valence-electron chi connectivity index (χ4n) is 3.57.